The van der Waals surface area contributed by atoms with Gasteiger partial charge in [0.15, 0.2) is 11.6 Å². The van der Waals surface area contributed by atoms with Crippen LogP contribution in [-0.2, 0) is 9.47 Å². The summed E-state index contributed by atoms with van der Waals surface area (Å²) in [5, 5.41) is 13.7. The molecule has 1 amide bonds. The Kier molecular flexibility index (Phi) is 7.50. The molecule has 0 saturated carbocycles. The molecule has 0 aromatic heterocycles. The number of anilines is 1. The van der Waals surface area contributed by atoms with Crippen LogP contribution in [0.4, 0.5) is 18.9 Å². The molecule has 1 N–H and O–H groups in total. The first kappa shape index (κ1) is 22.2. The van der Waals surface area contributed by atoms with Gasteiger partial charge < -0.3 is 34.0 Å². The lowest BCUT2D eigenvalue weighted by atomic mass is 9.88. The van der Waals surface area contributed by atoms with Crippen molar-refractivity contribution < 1.29 is 63.7 Å². The number of nitrogens with zero attached hydrogens (tertiary/aromatic N) is 2. The third-order valence-corrected chi connectivity index (χ3v) is 8.35. The molecule has 2 aromatic rings. The fraction of sp³-hybridized carbons (Fsp3) is 0.462. The number of ether oxygens (including phenoxy) is 2. The highest BCUT2D eigenvalue weighted by Gasteiger charge is 2.33. The van der Waals surface area contributed by atoms with Crippen LogP contribution >= 0.6 is 11.6 Å². The first-order valence-corrected chi connectivity index (χ1v) is 16.7. The van der Waals surface area contributed by atoms with Gasteiger partial charge >= 0.3 is 0 Å². The summed E-state index contributed by atoms with van der Waals surface area (Å²) in [5.74, 6) is -10.8. The van der Waals surface area contributed by atoms with Gasteiger partial charge in [0.05, 0.1) is 31.9 Å². The van der Waals surface area contributed by atoms with Crippen LogP contribution in [0.1, 0.15) is 93.8 Å². The van der Waals surface area contributed by atoms with E-state index in [1.807, 2.05) is 0 Å². The summed E-state index contributed by atoms with van der Waals surface area (Å²) in [4.78, 5) is 26.2. The molecule has 2 aromatic carbocycles. The third kappa shape index (κ3) is 8.24. The van der Waals surface area contributed by atoms with E-state index in [0.717, 1.165) is 62.1 Å². The summed E-state index contributed by atoms with van der Waals surface area (Å²) in [5.41, 5.74) is -7.37. The van der Waals surface area contributed by atoms with Crippen LogP contribution in [0.25, 0.3) is 33.4 Å². The predicted octanol–water partition coefficient (Wildman–Crippen LogP) is 5.71. The van der Waals surface area contributed by atoms with Crippen molar-refractivity contribution >= 4 is 40.1 Å². The van der Waals surface area contributed by atoms with E-state index >= 15 is 13.2 Å². The number of amides is 1. The minimum absolute atomic E-state index is 0.0577. The van der Waals surface area contributed by atoms with E-state index in [-0.39, 0.29) is 29.3 Å². The number of carboxylic acids is 1. The molecule has 0 spiro atoms. The summed E-state index contributed by atoms with van der Waals surface area (Å²) >= 11 is 5.66. The number of nitrogens with one attached hydrogen (secondary N) is 1. The van der Waals surface area contributed by atoms with Gasteiger partial charge in [-0.3, -0.25) is 4.79 Å². The molecule has 0 unspecified atom stereocenters. The van der Waals surface area contributed by atoms with Crippen molar-refractivity contribution in [2.75, 3.05) is 69.7 Å². The number of carbonyl (C=O) groups excluding carboxylic acids is 2. The van der Waals surface area contributed by atoms with E-state index < -0.39 is 143 Å². The highest BCUT2D eigenvalue weighted by atomic mass is 35.5. The number of carbonyl (C=O) groups is 2. The van der Waals surface area contributed by atoms with E-state index in [4.69, 9.17) is 47.4 Å². The van der Waals surface area contributed by atoms with Crippen molar-refractivity contribution in [1.82, 2.24) is 9.89 Å². The van der Waals surface area contributed by atoms with Gasteiger partial charge in [-0.1, -0.05) is 12.8 Å². The molecule has 2 fully saturated rings. The maximum Gasteiger partial charge on any atom is 0.257 e. The average Bonchev–Trinajstić information content (AvgIpc) is 3.35. The van der Waals surface area contributed by atoms with E-state index in [0.29, 0.717) is 12.5 Å². The Morgan fingerprint density at radius 1 is 0.865 bits per heavy atom. The summed E-state index contributed by atoms with van der Waals surface area (Å²) < 4.78 is 200. The monoisotopic (exact) mass is 757 g/mol. The Hall–Kier alpha value is -4.13. The Morgan fingerprint density at radius 3 is 2.31 bits per heavy atom. The first-order valence-electron chi connectivity index (χ1n) is 24.2. The third-order valence-electron chi connectivity index (χ3n) is 8.08. The van der Waals surface area contributed by atoms with Gasteiger partial charge in [-0.05, 0) is 43.8 Å². The maximum atomic E-state index is 17.1. The van der Waals surface area contributed by atoms with E-state index in [9.17, 15) is 14.7 Å². The van der Waals surface area contributed by atoms with Crippen LogP contribution in [0.15, 0.2) is 40.8 Å². The number of hydrogen-bond acceptors (Lipinski definition) is 7. The summed E-state index contributed by atoms with van der Waals surface area (Å²) in [6.07, 6.45) is -10.7. The molecule has 9 nitrogen and oxygen atoms in total. The molecule has 4 aliphatic rings. The average molecular weight is 758 g/mol. The summed E-state index contributed by atoms with van der Waals surface area (Å²) in [6, 6.07) is 5.06. The fourth-order valence-corrected chi connectivity index (χ4v) is 5.84. The molecule has 0 bridgehead atoms. The van der Waals surface area contributed by atoms with Crippen molar-refractivity contribution in [2.45, 2.75) is 51.2 Å². The molecule has 0 radical (unpaired) electrons. The van der Waals surface area contributed by atoms with E-state index in [2.05, 4.69) is 5.32 Å². The topological polar surface area (TPSA) is 107 Å². The first-order chi connectivity index (χ1) is 31.3. The standard InChI is InChI=1S/C39H43ClF3N3O6/c40-13-3-1-2-8-19-50-21-22-51-20-14-44-38(47)34-35(41)32(33(39(48)49)36(42)37(34)43)31-27-11-9-25(45-15-4-5-16-45)23-29(27)52-30-24-26(10-12-28(30)31)46-17-6-7-18-46/h9-12,23-24H,1-8,13-22H2,(H-,44,47,48,49)/i4D2,5D2,6D2,7D2,15D2,16D2,17D2,18D2. The molecule has 13 heteroatoms. The minimum atomic E-state index is -3.55. The fourth-order valence-electron chi connectivity index (χ4n) is 5.65. The number of benzene rings is 3. The lowest BCUT2D eigenvalue weighted by Crippen LogP contribution is -2.32. The number of fused-ring (bicyclic) bond motifs is 2. The lowest BCUT2D eigenvalue weighted by Gasteiger charge is -2.22. The molecule has 278 valence electrons. The van der Waals surface area contributed by atoms with Crippen LogP contribution in [0.2, 0.25) is 0 Å². The predicted molar refractivity (Wildman–Crippen MR) is 191 cm³/mol. The highest BCUT2D eigenvalue weighted by molar-refractivity contribution is 6.17. The number of aromatic carboxylic acids is 1. The number of unbranched alkanes of at least 4 members (excludes halogenated alkanes) is 3. The highest BCUT2D eigenvalue weighted by Crippen LogP contribution is 2.45. The molecular formula is C39H43ClF3N3O6. The molecule has 2 saturated heterocycles. The van der Waals surface area contributed by atoms with Crippen molar-refractivity contribution in [2.24, 2.45) is 0 Å². The largest absolute Gasteiger partial charge is 0.545 e. The second kappa shape index (κ2) is 17.6. The van der Waals surface area contributed by atoms with Crippen molar-refractivity contribution in [3.05, 3.63) is 70.3 Å². The zero-order valence-electron chi connectivity index (χ0n) is 43.4. The van der Waals surface area contributed by atoms with E-state index in [1.54, 1.807) is 0 Å². The number of rotatable bonds is 16. The van der Waals surface area contributed by atoms with Gasteiger partial charge in [0.1, 0.15) is 41.2 Å². The maximum absolute atomic E-state index is 17.1. The Balaban J connectivity index is 1.55. The van der Waals surface area contributed by atoms with Crippen LogP contribution in [0.3, 0.4) is 0 Å². The van der Waals surface area contributed by atoms with Gasteiger partial charge in [0, 0.05) is 107 Å². The molecule has 3 aliphatic heterocycles. The number of hydrogen-bond donors (Lipinski definition) is 1. The number of halogens is 4. The molecule has 52 heavy (non-hydrogen) atoms. The second-order valence-electron chi connectivity index (χ2n) is 11.4. The summed E-state index contributed by atoms with van der Waals surface area (Å²) in [7, 11) is 0. The van der Waals surface area contributed by atoms with Crippen molar-refractivity contribution in [1.29, 1.82) is 0 Å². The van der Waals surface area contributed by atoms with Gasteiger partial charge in [-0.15, -0.1) is 11.6 Å². The Labute approximate surface area is 327 Å². The van der Waals surface area contributed by atoms with Crippen LogP contribution < -0.4 is 25.3 Å². The van der Waals surface area contributed by atoms with Crippen molar-refractivity contribution in [3.63, 3.8) is 0 Å². The van der Waals surface area contributed by atoms with Gasteiger partial charge in [-0.25, -0.2) is 17.7 Å². The zero-order valence-corrected chi connectivity index (χ0v) is 28.1. The van der Waals surface area contributed by atoms with Gasteiger partial charge in [-0.2, -0.15) is 0 Å². The SMILES string of the molecule is [2H]C1([2H])N(c2ccc3c(-c4c(F)c(C(=O)NCCOCCOCCCCCCCl)c(F)c(F)c4C(=O)[O-])c4ccc(=[N+]5C([2H])([2H])C([2H])([2H])C([2H])([2H])C5([2H])[2H])cc-4oc3c2)C([2H])([2H])C([2H])([2H])C1([2H])[2H]. The van der Waals surface area contributed by atoms with Crippen LogP contribution in [-0.4, -0.2) is 76.7 Å². The lowest BCUT2D eigenvalue weighted by molar-refractivity contribution is -0.255. The second-order valence-corrected chi connectivity index (χ2v) is 11.8. The number of carboxylic acid groups (broad SMARTS) is 1. The minimum Gasteiger partial charge on any atom is -0.545 e. The van der Waals surface area contributed by atoms with E-state index in [1.165, 1.54) is 0 Å². The van der Waals surface area contributed by atoms with Crippen molar-refractivity contribution in [3.8, 4) is 22.5 Å². The normalized spacial score (nSPS) is 26.9. The molecule has 3 heterocycles. The van der Waals surface area contributed by atoms with Crippen LogP contribution in [0, 0.1) is 17.5 Å². The molecule has 0 atom stereocenters. The Bertz CT molecular complexity index is 2640. The quantitative estimate of drug-likeness (QED) is 0.0513. The smallest absolute Gasteiger partial charge is 0.257 e. The Morgan fingerprint density at radius 2 is 1.58 bits per heavy atom. The van der Waals surface area contributed by atoms with Crippen LogP contribution in [0.5, 0.6) is 0 Å². The summed E-state index contributed by atoms with van der Waals surface area (Å²) in [6.45, 7) is -13.9. The molecular weight excluding hydrogens is 699 g/mol. The van der Waals surface area contributed by atoms with Gasteiger partial charge in [0.2, 0.25) is 5.36 Å². The molecule has 1 aliphatic carbocycles. The number of alkyl halides is 1. The molecule has 6 rings (SSSR count). The van der Waals surface area contributed by atoms with Gasteiger partial charge in [0.25, 0.3) is 5.91 Å². The zero-order chi connectivity index (χ0) is 51.0.